The zero-order valence-corrected chi connectivity index (χ0v) is 31.9. The third-order valence-electron chi connectivity index (χ3n) is 12.8. The van der Waals surface area contributed by atoms with Crippen LogP contribution >= 0.6 is 0 Å². The topological polar surface area (TPSA) is 35.6 Å². The Morgan fingerprint density at radius 2 is 0.915 bits per heavy atom. The van der Waals surface area contributed by atoms with E-state index < -0.39 is 5.41 Å². The molecule has 59 heavy (non-hydrogen) atoms. The third-order valence-corrected chi connectivity index (χ3v) is 12.8. The van der Waals surface area contributed by atoms with Crippen LogP contribution in [0.5, 0.6) is 0 Å². The zero-order valence-electron chi connectivity index (χ0n) is 31.9. The Morgan fingerprint density at radius 1 is 0.373 bits per heavy atom. The Labute approximate surface area is 341 Å². The minimum absolute atomic E-state index is 0.414. The number of rotatable bonds is 4. The zero-order chi connectivity index (χ0) is 38.7. The van der Waals surface area contributed by atoms with E-state index in [1.165, 1.54) is 44.5 Å². The average Bonchev–Trinajstić information content (AvgIpc) is 4.03. The second-order valence-corrected chi connectivity index (χ2v) is 15.7. The molecule has 11 aromatic rings. The molecule has 0 fully saturated rings. The molecule has 0 saturated heterocycles. The number of benzene rings is 8. The second kappa shape index (κ2) is 12.1. The van der Waals surface area contributed by atoms with Crippen LogP contribution in [0.25, 0.3) is 89.1 Å². The van der Waals surface area contributed by atoms with Crippen molar-refractivity contribution in [2.24, 2.45) is 0 Å². The predicted octanol–water partition coefficient (Wildman–Crippen LogP) is 13.2. The van der Waals surface area contributed by atoms with Gasteiger partial charge in [0.05, 0.1) is 33.0 Å². The van der Waals surface area contributed by atoms with Crippen LogP contribution in [-0.4, -0.2) is 19.1 Å². The normalized spacial score (nSPS) is 13.2. The van der Waals surface area contributed by atoms with Crippen LogP contribution in [-0.2, 0) is 5.41 Å². The van der Waals surface area contributed by atoms with E-state index in [-0.39, 0.29) is 0 Å². The maximum absolute atomic E-state index is 5.04. The summed E-state index contributed by atoms with van der Waals surface area (Å²) in [7, 11) is 0. The fourth-order valence-electron chi connectivity index (χ4n) is 10.4. The molecule has 3 aromatic heterocycles. The van der Waals surface area contributed by atoms with Gasteiger partial charge in [0.2, 0.25) is 0 Å². The highest BCUT2D eigenvalue weighted by Gasteiger charge is 2.51. The van der Waals surface area contributed by atoms with Gasteiger partial charge >= 0.3 is 0 Å². The van der Waals surface area contributed by atoms with Gasteiger partial charge in [-0.05, 0) is 116 Å². The first-order valence-corrected chi connectivity index (χ1v) is 20.2. The van der Waals surface area contributed by atoms with Gasteiger partial charge in [-0.1, -0.05) is 140 Å². The molecule has 2 aliphatic carbocycles. The molecule has 4 heteroatoms. The van der Waals surface area contributed by atoms with Crippen molar-refractivity contribution in [3.05, 3.63) is 229 Å². The van der Waals surface area contributed by atoms with Crippen LogP contribution in [0.15, 0.2) is 206 Å². The molecule has 0 N–H and O–H groups in total. The van der Waals surface area contributed by atoms with E-state index in [4.69, 9.17) is 9.97 Å². The summed E-state index contributed by atoms with van der Waals surface area (Å²) in [5, 5.41) is 1.16. The van der Waals surface area contributed by atoms with E-state index in [1.54, 1.807) is 0 Å². The molecule has 4 nitrogen and oxygen atoms in total. The molecule has 0 unspecified atom stereocenters. The van der Waals surface area contributed by atoms with E-state index in [1.807, 2.05) is 24.4 Å². The summed E-state index contributed by atoms with van der Waals surface area (Å²) in [5.41, 5.74) is 21.1. The smallest absolute Gasteiger partial charge is 0.145 e. The quantitative estimate of drug-likeness (QED) is 0.180. The first-order valence-electron chi connectivity index (χ1n) is 20.2. The van der Waals surface area contributed by atoms with Gasteiger partial charge in [-0.25, -0.2) is 4.98 Å². The number of nitrogens with zero attached hydrogens (tertiary/aromatic N) is 4. The highest BCUT2D eigenvalue weighted by Crippen LogP contribution is 2.63. The highest BCUT2D eigenvalue weighted by molar-refractivity contribution is 6.11. The molecule has 0 atom stereocenters. The Morgan fingerprint density at radius 3 is 1.58 bits per heavy atom. The fourth-order valence-corrected chi connectivity index (χ4v) is 10.4. The van der Waals surface area contributed by atoms with Crippen LogP contribution in [0.1, 0.15) is 22.3 Å². The lowest BCUT2D eigenvalue weighted by Gasteiger charge is -2.30. The van der Waals surface area contributed by atoms with E-state index >= 15 is 0 Å². The molecule has 0 bridgehead atoms. The molecule has 0 saturated carbocycles. The number of para-hydroxylation sites is 2. The lowest BCUT2D eigenvalue weighted by Crippen LogP contribution is -2.25. The first kappa shape index (κ1) is 32.3. The molecule has 0 radical (unpaired) electrons. The van der Waals surface area contributed by atoms with Crippen LogP contribution in [0.2, 0.25) is 0 Å². The van der Waals surface area contributed by atoms with Crippen molar-refractivity contribution < 1.29 is 0 Å². The average molecular weight is 751 g/mol. The molecule has 274 valence electrons. The lowest BCUT2D eigenvalue weighted by atomic mass is 9.70. The first-order chi connectivity index (χ1) is 29.3. The molecule has 2 aliphatic rings. The Bertz CT molecular complexity index is 3440. The number of hydrogen-bond donors (Lipinski definition) is 0. The van der Waals surface area contributed by atoms with E-state index in [0.717, 1.165) is 66.9 Å². The van der Waals surface area contributed by atoms with Gasteiger partial charge in [0, 0.05) is 28.5 Å². The molecule has 0 aliphatic heterocycles. The monoisotopic (exact) mass is 750 g/mol. The van der Waals surface area contributed by atoms with Crippen molar-refractivity contribution in [1.29, 1.82) is 0 Å². The van der Waals surface area contributed by atoms with Crippen molar-refractivity contribution in [1.82, 2.24) is 19.1 Å². The largest absolute Gasteiger partial charge is 0.308 e. The summed E-state index contributed by atoms with van der Waals surface area (Å²) in [4.78, 5) is 10.1. The maximum atomic E-state index is 5.04. The van der Waals surface area contributed by atoms with Crippen molar-refractivity contribution >= 4 is 33.0 Å². The minimum atomic E-state index is -0.414. The van der Waals surface area contributed by atoms with Gasteiger partial charge in [-0.2, -0.15) is 0 Å². The molecule has 3 heterocycles. The van der Waals surface area contributed by atoms with Crippen molar-refractivity contribution in [2.75, 3.05) is 0 Å². The fraction of sp³-hybridized carbons (Fsp3) is 0.0182. The molecule has 13 rings (SSSR count). The molecular formula is C55H34N4. The van der Waals surface area contributed by atoms with Gasteiger partial charge in [0.25, 0.3) is 0 Å². The number of pyridine rings is 1. The maximum Gasteiger partial charge on any atom is 0.145 e. The molecule has 0 amide bonds. The van der Waals surface area contributed by atoms with E-state index in [0.29, 0.717) is 0 Å². The van der Waals surface area contributed by atoms with Gasteiger partial charge in [0.15, 0.2) is 0 Å². The summed E-state index contributed by atoms with van der Waals surface area (Å²) < 4.78 is 4.67. The molecule has 1 spiro atoms. The van der Waals surface area contributed by atoms with Crippen molar-refractivity contribution in [3.8, 4) is 56.1 Å². The Balaban J connectivity index is 0.953. The number of imidazole rings is 1. The van der Waals surface area contributed by atoms with Gasteiger partial charge < -0.3 is 4.57 Å². The number of hydrogen-bond acceptors (Lipinski definition) is 2. The van der Waals surface area contributed by atoms with E-state index in [9.17, 15) is 0 Å². The highest BCUT2D eigenvalue weighted by atomic mass is 15.1. The predicted molar refractivity (Wildman–Crippen MR) is 240 cm³/mol. The van der Waals surface area contributed by atoms with Crippen LogP contribution < -0.4 is 0 Å². The number of fused-ring (bicyclic) bond motifs is 14. The van der Waals surface area contributed by atoms with Crippen molar-refractivity contribution in [2.45, 2.75) is 5.41 Å². The third kappa shape index (κ3) is 4.37. The van der Waals surface area contributed by atoms with Crippen LogP contribution in [0.3, 0.4) is 0 Å². The lowest BCUT2D eigenvalue weighted by molar-refractivity contribution is 0.794. The van der Waals surface area contributed by atoms with Gasteiger partial charge in [-0.15, -0.1) is 0 Å². The van der Waals surface area contributed by atoms with Crippen molar-refractivity contribution in [3.63, 3.8) is 0 Å². The van der Waals surface area contributed by atoms with Crippen LogP contribution in [0.4, 0.5) is 0 Å². The summed E-state index contributed by atoms with van der Waals surface area (Å²) in [6.45, 7) is 0. The number of aromatic nitrogens is 4. The SMILES string of the molecule is c1ccc(-c2nc3ccccc3n2-c2ccc(-c3ccc(-n4c5cc6c(cc5c5ncccc54)-c4ccccc4C64c5ccccc5-c5ccccc54)cc3)cc2)cc1. The van der Waals surface area contributed by atoms with Gasteiger partial charge in [-0.3, -0.25) is 9.55 Å². The second-order valence-electron chi connectivity index (χ2n) is 15.7. The molecular weight excluding hydrogens is 717 g/mol. The minimum Gasteiger partial charge on any atom is -0.308 e. The Kier molecular flexibility index (Phi) is 6.62. The van der Waals surface area contributed by atoms with Crippen LogP contribution in [0, 0.1) is 0 Å². The Hall–Kier alpha value is -7.82. The summed E-state index contributed by atoms with van der Waals surface area (Å²) >= 11 is 0. The van der Waals surface area contributed by atoms with Gasteiger partial charge in [0.1, 0.15) is 5.82 Å². The standard InChI is InChI=1S/C55H34N4/c1-2-13-37(14-3-1)54-57-49-21-10-11-22-50(49)59(54)39-30-26-36(27-31-39)35-24-28-38(29-25-35)58-51-23-12-32-56-53(51)44-33-43-42-17-6-9-20-47(42)55(48(43)34-52(44)58)45-18-7-4-15-40(45)41-16-5-8-19-46(41)55/h1-34H. The summed E-state index contributed by atoms with van der Waals surface area (Å²) in [5.74, 6) is 0.936. The molecule has 8 aromatic carbocycles. The summed E-state index contributed by atoms with van der Waals surface area (Å²) in [6.07, 6.45) is 1.92. The summed E-state index contributed by atoms with van der Waals surface area (Å²) in [6, 6.07) is 72.8. The van der Waals surface area contributed by atoms with E-state index in [2.05, 4.69) is 191 Å².